The molecule has 1 N–H and O–H groups in total. The average Bonchev–Trinajstić information content (AvgIpc) is 3.33. The van der Waals surface area contributed by atoms with Gasteiger partial charge in [0.1, 0.15) is 12.1 Å². The Morgan fingerprint density at radius 2 is 1.62 bits per heavy atom. The van der Waals surface area contributed by atoms with E-state index in [-0.39, 0.29) is 29.5 Å². The Kier molecular flexibility index (Phi) is 7.50. The summed E-state index contributed by atoms with van der Waals surface area (Å²) in [6.45, 7) is 4.89. The monoisotopic (exact) mass is 457 g/mol. The van der Waals surface area contributed by atoms with E-state index >= 15 is 0 Å². The second-order valence-corrected chi connectivity index (χ2v) is 8.35. The van der Waals surface area contributed by atoms with Crippen molar-refractivity contribution in [2.75, 3.05) is 0 Å². The lowest BCUT2D eigenvalue weighted by Crippen LogP contribution is -2.28. The molecule has 34 heavy (non-hydrogen) atoms. The molecule has 4 rings (SSSR count). The molecule has 0 fully saturated rings. The highest BCUT2D eigenvalue weighted by atomic mass is 19.1. The van der Waals surface area contributed by atoms with Gasteiger partial charge in [-0.15, -0.1) is 0 Å². The molecule has 1 amide bonds. The fourth-order valence-corrected chi connectivity index (χ4v) is 3.90. The number of hydrogen-bond acceptors (Lipinski definition) is 4. The number of carbonyl (C=O) groups is 1. The number of amides is 1. The van der Waals surface area contributed by atoms with Crippen LogP contribution in [-0.2, 0) is 13.1 Å². The van der Waals surface area contributed by atoms with Crippen LogP contribution in [0.15, 0.2) is 95.6 Å². The molecule has 0 unspecified atom stereocenters. The predicted octanol–water partition coefficient (Wildman–Crippen LogP) is 6.07. The molecule has 6 heteroatoms. The minimum Gasteiger partial charge on any atom is -0.447 e. The number of hydrogen-bond donors (Lipinski definition) is 1. The van der Waals surface area contributed by atoms with Crippen LogP contribution >= 0.6 is 0 Å². The first-order valence-corrected chi connectivity index (χ1v) is 11.3. The maximum Gasteiger partial charge on any atom is 0.273 e. The highest BCUT2D eigenvalue weighted by molar-refractivity contribution is 5.92. The number of halogens is 1. The molecule has 5 nitrogen and oxygen atoms in total. The predicted molar refractivity (Wildman–Crippen MR) is 129 cm³/mol. The van der Waals surface area contributed by atoms with Gasteiger partial charge in [0.05, 0.1) is 12.6 Å². The molecule has 0 aliphatic heterocycles. The molecular formula is C28H28FN3O2. The normalized spacial score (nSPS) is 12.9. The molecule has 0 bridgehead atoms. The van der Waals surface area contributed by atoms with E-state index in [1.807, 2.05) is 61.5 Å². The van der Waals surface area contributed by atoms with Crippen molar-refractivity contribution in [1.29, 1.82) is 0 Å². The smallest absolute Gasteiger partial charge is 0.273 e. The first-order chi connectivity index (χ1) is 16.5. The van der Waals surface area contributed by atoms with Crippen molar-refractivity contribution in [3.05, 3.63) is 125 Å². The van der Waals surface area contributed by atoms with Crippen molar-refractivity contribution in [3.8, 4) is 0 Å². The first-order valence-electron chi connectivity index (χ1n) is 11.3. The van der Waals surface area contributed by atoms with Crippen molar-refractivity contribution in [2.24, 2.45) is 0 Å². The number of nitrogens with zero attached hydrogens (tertiary/aromatic N) is 2. The Morgan fingerprint density at radius 3 is 2.29 bits per heavy atom. The Labute approximate surface area is 199 Å². The van der Waals surface area contributed by atoms with Crippen LogP contribution in [0.4, 0.5) is 4.39 Å². The zero-order valence-corrected chi connectivity index (χ0v) is 19.3. The fraction of sp³-hybridized carbons (Fsp3) is 0.214. The second kappa shape index (κ2) is 10.9. The summed E-state index contributed by atoms with van der Waals surface area (Å²) in [5.74, 6) is -0.136. The number of aromatic nitrogens is 1. The molecular weight excluding hydrogens is 429 g/mol. The number of carbonyl (C=O) groups excluding carboxylic acids is 1. The minimum atomic E-state index is -0.292. The maximum absolute atomic E-state index is 13.8. The zero-order valence-electron chi connectivity index (χ0n) is 19.3. The Hall–Kier alpha value is -3.77. The Bertz CT molecular complexity index is 1210. The van der Waals surface area contributed by atoms with Gasteiger partial charge in [-0.3, -0.25) is 9.69 Å². The summed E-state index contributed by atoms with van der Waals surface area (Å²) >= 11 is 0. The van der Waals surface area contributed by atoms with E-state index in [0.717, 1.165) is 16.7 Å². The summed E-state index contributed by atoms with van der Waals surface area (Å²) < 4.78 is 19.5. The van der Waals surface area contributed by atoms with E-state index in [0.29, 0.717) is 19.0 Å². The number of nitrogens with one attached hydrogen (secondary N) is 1. The van der Waals surface area contributed by atoms with Crippen LogP contribution in [0, 0.1) is 5.82 Å². The molecule has 0 radical (unpaired) electrons. The Balaban J connectivity index is 1.49. The summed E-state index contributed by atoms with van der Waals surface area (Å²) in [6.07, 6.45) is 1.38. The van der Waals surface area contributed by atoms with Gasteiger partial charge >= 0.3 is 0 Å². The minimum absolute atomic E-state index is 0.0201. The van der Waals surface area contributed by atoms with Gasteiger partial charge in [-0.05, 0) is 42.7 Å². The van der Waals surface area contributed by atoms with E-state index < -0.39 is 0 Å². The highest BCUT2D eigenvalue weighted by Crippen LogP contribution is 2.25. The van der Waals surface area contributed by atoms with Crippen LogP contribution in [0.3, 0.4) is 0 Å². The van der Waals surface area contributed by atoms with Crippen LogP contribution in [0.25, 0.3) is 0 Å². The summed E-state index contributed by atoms with van der Waals surface area (Å²) in [7, 11) is 0. The van der Waals surface area contributed by atoms with Crippen LogP contribution in [0.2, 0.25) is 0 Å². The quantitative estimate of drug-likeness (QED) is 0.332. The van der Waals surface area contributed by atoms with Crippen molar-refractivity contribution in [1.82, 2.24) is 15.2 Å². The molecule has 4 aromatic rings. The second-order valence-electron chi connectivity index (χ2n) is 8.35. The van der Waals surface area contributed by atoms with Gasteiger partial charge in [0.15, 0.2) is 5.69 Å². The van der Waals surface area contributed by atoms with Crippen LogP contribution in [-0.4, -0.2) is 15.8 Å². The SMILES string of the molecule is C[C@H](NC(=O)c1coc(CN(Cc2cccc(F)c2)[C@H](C)c2ccccc2)n1)c1ccccc1. The van der Waals surface area contributed by atoms with E-state index in [9.17, 15) is 9.18 Å². The third kappa shape index (κ3) is 5.97. The molecule has 2 atom stereocenters. The lowest BCUT2D eigenvalue weighted by molar-refractivity contribution is 0.0934. The van der Waals surface area contributed by atoms with E-state index in [1.165, 1.54) is 18.4 Å². The molecule has 174 valence electrons. The lowest BCUT2D eigenvalue weighted by atomic mass is 10.1. The zero-order chi connectivity index (χ0) is 23.9. The molecule has 0 aliphatic carbocycles. The lowest BCUT2D eigenvalue weighted by Gasteiger charge is -2.28. The third-order valence-electron chi connectivity index (χ3n) is 5.87. The molecule has 0 aliphatic rings. The van der Waals surface area contributed by atoms with Crippen molar-refractivity contribution in [3.63, 3.8) is 0 Å². The number of rotatable bonds is 9. The third-order valence-corrected chi connectivity index (χ3v) is 5.87. The van der Waals surface area contributed by atoms with Gasteiger partial charge in [-0.2, -0.15) is 0 Å². The van der Waals surface area contributed by atoms with Crippen LogP contribution in [0.1, 0.15) is 59.0 Å². The van der Waals surface area contributed by atoms with Crippen molar-refractivity contribution < 1.29 is 13.6 Å². The molecule has 0 saturated carbocycles. The first kappa shape index (κ1) is 23.4. The summed E-state index contributed by atoms with van der Waals surface area (Å²) in [6, 6.07) is 26.3. The van der Waals surface area contributed by atoms with Crippen LogP contribution < -0.4 is 5.32 Å². The summed E-state index contributed by atoms with van der Waals surface area (Å²) in [4.78, 5) is 19.3. The van der Waals surface area contributed by atoms with Gasteiger partial charge < -0.3 is 9.73 Å². The molecule has 0 spiro atoms. The van der Waals surface area contributed by atoms with Crippen LogP contribution in [0.5, 0.6) is 0 Å². The van der Waals surface area contributed by atoms with Gasteiger partial charge in [0.25, 0.3) is 5.91 Å². The standard InChI is InChI=1S/C28H28FN3O2/c1-20(23-11-5-3-6-12-23)30-28(33)26-19-34-27(31-26)18-32(17-22-10-9-15-25(29)16-22)21(2)24-13-7-4-8-14-24/h3-16,19-21H,17-18H2,1-2H3,(H,30,33)/t20-,21+/m0/s1. The molecule has 3 aromatic carbocycles. The molecule has 1 heterocycles. The Morgan fingerprint density at radius 1 is 0.941 bits per heavy atom. The van der Waals surface area contributed by atoms with E-state index in [4.69, 9.17) is 4.42 Å². The van der Waals surface area contributed by atoms with Gasteiger partial charge in [0, 0.05) is 12.6 Å². The summed E-state index contributed by atoms with van der Waals surface area (Å²) in [5.41, 5.74) is 3.22. The topological polar surface area (TPSA) is 58.4 Å². The van der Waals surface area contributed by atoms with Crippen molar-refractivity contribution >= 4 is 5.91 Å². The average molecular weight is 458 g/mol. The number of benzene rings is 3. The summed E-state index contributed by atoms with van der Waals surface area (Å²) in [5, 5.41) is 2.96. The fourth-order valence-electron chi connectivity index (χ4n) is 3.90. The van der Waals surface area contributed by atoms with Gasteiger partial charge in [-0.1, -0.05) is 72.8 Å². The van der Waals surface area contributed by atoms with Gasteiger partial charge in [-0.25, -0.2) is 9.37 Å². The van der Waals surface area contributed by atoms with E-state index in [1.54, 1.807) is 6.07 Å². The van der Waals surface area contributed by atoms with Gasteiger partial charge in [0.2, 0.25) is 5.89 Å². The molecule has 0 saturated heterocycles. The van der Waals surface area contributed by atoms with E-state index in [2.05, 4.69) is 34.3 Å². The maximum atomic E-state index is 13.8. The molecule has 1 aromatic heterocycles. The highest BCUT2D eigenvalue weighted by Gasteiger charge is 2.21. The van der Waals surface area contributed by atoms with Crippen molar-refractivity contribution in [2.45, 2.75) is 39.0 Å². The largest absolute Gasteiger partial charge is 0.447 e. The number of oxazole rings is 1.